The lowest BCUT2D eigenvalue weighted by Crippen LogP contribution is -2.31. The van der Waals surface area contributed by atoms with Crippen LogP contribution in [0, 0.1) is 13.8 Å². The van der Waals surface area contributed by atoms with Crippen LogP contribution in [0.25, 0.3) is 0 Å². The van der Waals surface area contributed by atoms with E-state index in [-0.39, 0.29) is 11.8 Å². The minimum atomic E-state index is -0.689. The molecule has 1 unspecified atom stereocenters. The second-order valence-corrected chi connectivity index (χ2v) is 6.92. The van der Waals surface area contributed by atoms with Crippen LogP contribution in [0.2, 0.25) is 0 Å². The molecular formula is C22H27NO4. The van der Waals surface area contributed by atoms with Gasteiger partial charge >= 0.3 is 5.97 Å². The van der Waals surface area contributed by atoms with Gasteiger partial charge in [-0.05, 0) is 61.6 Å². The van der Waals surface area contributed by atoms with Gasteiger partial charge in [0.15, 0.2) is 6.10 Å². The lowest BCUT2D eigenvalue weighted by atomic mass is 10.0. The summed E-state index contributed by atoms with van der Waals surface area (Å²) in [5, 5.41) is 2.84. The molecule has 0 heterocycles. The molecule has 0 radical (unpaired) electrons. The Balaban J connectivity index is 2.18. The first-order chi connectivity index (χ1) is 12.7. The molecule has 0 spiro atoms. The van der Waals surface area contributed by atoms with E-state index in [9.17, 15) is 9.59 Å². The molecule has 0 aliphatic heterocycles. The number of hydrogen-bond acceptors (Lipinski definition) is 4. The summed E-state index contributed by atoms with van der Waals surface area (Å²) in [6.07, 6.45) is -0.689. The number of amides is 1. The first-order valence-corrected chi connectivity index (χ1v) is 9.00. The Morgan fingerprint density at radius 1 is 1.04 bits per heavy atom. The van der Waals surface area contributed by atoms with Gasteiger partial charge in [-0.2, -0.15) is 0 Å². The molecule has 2 rings (SSSR count). The molecule has 2 aromatic carbocycles. The van der Waals surface area contributed by atoms with Crippen molar-refractivity contribution < 1.29 is 19.1 Å². The van der Waals surface area contributed by atoms with E-state index in [4.69, 9.17) is 9.47 Å². The second-order valence-electron chi connectivity index (χ2n) is 6.92. The van der Waals surface area contributed by atoms with Crippen molar-refractivity contribution in [2.45, 2.75) is 46.6 Å². The molecular weight excluding hydrogens is 342 g/mol. The highest BCUT2D eigenvalue weighted by Gasteiger charge is 2.20. The van der Waals surface area contributed by atoms with Crippen LogP contribution in [0.15, 0.2) is 36.4 Å². The van der Waals surface area contributed by atoms with Crippen LogP contribution in [0.1, 0.15) is 53.7 Å². The summed E-state index contributed by atoms with van der Waals surface area (Å²) in [7, 11) is 1.33. The molecule has 5 heteroatoms. The first kappa shape index (κ1) is 20.5. The minimum absolute atomic E-state index is 0.281. The summed E-state index contributed by atoms with van der Waals surface area (Å²) in [5.74, 6) is 0.285. The van der Waals surface area contributed by atoms with E-state index in [1.165, 1.54) is 7.11 Å². The van der Waals surface area contributed by atoms with Gasteiger partial charge in [0, 0.05) is 5.69 Å². The SMILES string of the molecule is COC(=O)c1cccc(NC(=O)C(C)Oc2cc(C)ccc2C(C)C)c1C. The number of ether oxygens (including phenoxy) is 2. The smallest absolute Gasteiger partial charge is 0.338 e. The van der Waals surface area contributed by atoms with Crippen molar-refractivity contribution in [2.75, 3.05) is 12.4 Å². The van der Waals surface area contributed by atoms with Crippen LogP contribution in [0.3, 0.4) is 0 Å². The zero-order valence-corrected chi connectivity index (χ0v) is 16.8. The van der Waals surface area contributed by atoms with E-state index in [1.54, 1.807) is 32.0 Å². The highest BCUT2D eigenvalue weighted by atomic mass is 16.5. The Kier molecular flexibility index (Phi) is 6.61. The Morgan fingerprint density at radius 3 is 2.37 bits per heavy atom. The highest BCUT2D eigenvalue weighted by molar-refractivity contribution is 5.98. The standard InChI is InChI=1S/C22H27NO4/c1-13(2)17-11-10-14(3)12-20(17)27-16(5)21(24)23-19-9-7-8-18(15(19)4)22(25)26-6/h7-13,16H,1-6H3,(H,23,24). The zero-order valence-electron chi connectivity index (χ0n) is 16.8. The predicted molar refractivity (Wildman–Crippen MR) is 107 cm³/mol. The molecule has 1 N–H and O–H groups in total. The van der Waals surface area contributed by atoms with Crippen molar-refractivity contribution in [1.82, 2.24) is 0 Å². The van der Waals surface area contributed by atoms with Crippen molar-refractivity contribution in [1.29, 1.82) is 0 Å². The summed E-state index contributed by atoms with van der Waals surface area (Å²) in [6.45, 7) is 9.64. The maximum atomic E-state index is 12.6. The normalized spacial score (nSPS) is 11.8. The van der Waals surface area contributed by atoms with Gasteiger partial charge in [0.05, 0.1) is 12.7 Å². The van der Waals surface area contributed by atoms with Crippen LogP contribution >= 0.6 is 0 Å². The quantitative estimate of drug-likeness (QED) is 0.755. The average molecular weight is 369 g/mol. The molecule has 0 aliphatic carbocycles. The van der Waals surface area contributed by atoms with Gasteiger partial charge in [0.2, 0.25) is 0 Å². The molecule has 144 valence electrons. The van der Waals surface area contributed by atoms with Gasteiger partial charge in [0.25, 0.3) is 5.91 Å². The molecule has 0 saturated heterocycles. The minimum Gasteiger partial charge on any atom is -0.481 e. The molecule has 0 bridgehead atoms. The van der Waals surface area contributed by atoms with Crippen molar-refractivity contribution >= 4 is 17.6 Å². The summed E-state index contributed by atoms with van der Waals surface area (Å²) in [6, 6.07) is 11.1. The fourth-order valence-corrected chi connectivity index (χ4v) is 2.80. The van der Waals surface area contributed by atoms with Crippen molar-refractivity contribution in [3.05, 3.63) is 58.7 Å². The van der Waals surface area contributed by atoms with E-state index < -0.39 is 12.1 Å². The van der Waals surface area contributed by atoms with Crippen LogP contribution in [0.4, 0.5) is 5.69 Å². The lowest BCUT2D eigenvalue weighted by molar-refractivity contribution is -0.122. The van der Waals surface area contributed by atoms with Gasteiger partial charge in [-0.15, -0.1) is 0 Å². The number of carbonyl (C=O) groups is 2. The number of benzene rings is 2. The van der Waals surface area contributed by atoms with Crippen molar-refractivity contribution in [3.63, 3.8) is 0 Å². The molecule has 5 nitrogen and oxygen atoms in total. The van der Waals surface area contributed by atoms with Gasteiger partial charge in [-0.25, -0.2) is 4.79 Å². The molecule has 1 amide bonds. The molecule has 0 saturated carbocycles. The van der Waals surface area contributed by atoms with Crippen LogP contribution in [0.5, 0.6) is 5.75 Å². The zero-order chi connectivity index (χ0) is 20.1. The summed E-state index contributed by atoms with van der Waals surface area (Å²) < 4.78 is 10.7. The first-order valence-electron chi connectivity index (χ1n) is 9.00. The Bertz CT molecular complexity index is 842. The van der Waals surface area contributed by atoms with E-state index in [1.807, 2.05) is 25.1 Å². The molecule has 0 aliphatic rings. The third kappa shape index (κ3) is 4.88. The van der Waals surface area contributed by atoms with E-state index in [0.29, 0.717) is 22.6 Å². The fourth-order valence-electron chi connectivity index (χ4n) is 2.80. The number of nitrogens with one attached hydrogen (secondary N) is 1. The average Bonchev–Trinajstić information content (AvgIpc) is 2.62. The van der Waals surface area contributed by atoms with E-state index >= 15 is 0 Å². The van der Waals surface area contributed by atoms with Crippen LogP contribution < -0.4 is 10.1 Å². The monoisotopic (exact) mass is 369 g/mol. The maximum Gasteiger partial charge on any atom is 0.338 e. The van der Waals surface area contributed by atoms with Crippen LogP contribution in [-0.4, -0.2) is 25.1 Å². The van der Waals surface area contributed by atoms with E-state index in [2.05, 4.69) is 19.2 Å². The molecule has 2 aromatic rings. The number of methoxy groups -OCH3 is 1. The predicted octanol–water partition coefficient (Wildman–Crippen LogP) is 4.62. The number of esters is 1. The topological polar surface area (TPSA) is 64.6 Å². The van der Waals surface area contributed by atoms with Crippen molar-refractivity contribution in [2.24, 2.45) is 0 Å². The molecule has 0 aromatic heterocycles. The number of carbonyl (C=O) groups excluding carboxylic acids is 2. The molecule has 0 fully saturated rings. The lowest BCUT2D eigenvalue weighted by Gasteiger charge is -2.20. The largest absolute Gasteiger partial charge is 0.481 e. The maximum absolute atomic E-state index is 12.6. The fraction of sp³-hybridized carbons (Fsp3) is 0.364. The summed E-state index contributed by atoms with van der Waals surface area (Å²) >= 11 is 0. The second kappa shape index (κ2) is 8.71. The van der Waals surface area contributed by atoms with Crippen LogP contribution in [-0.2, 0) is 9.53 Å². The highest BCUT2D eigenvalue weighted by Crippen LogP contribution is 2.28. The third-order valence-corrected chi connectivity index (χ3v) is 4.46. The molecule has 1 atom stereocenters. The van der Waals surface area contributed by atoms with Gasteiger partial charge < -0.3 is 14.8 Å². The Hall–Kier alpha value is -2.82. The summed E-state index contributed by atoms with van der Waals surface area (Å²) in [5.41, 5.74) is 3.77. The van der Waals surface area contributed by atoms with Crippen molar-refractivity contribution in [3.8, 4) is 5.75 Å². The number of anilines is 1. The van der Waals surface area contributed by atoms with Gasteiger partial charge in [0.1, 0.15) is 5.75 Å². The number of rotatable bonds is 6. The van der Waals surface area contributed by atoms with Gasteiger partial charge in [-0.1, -0.05) is 32.0 Å². The number of hydrogen-bond donors (Lipinski definition) is 1. The summed E-state index contributed by atoms with van der Waals surface area (Å²) in [4.78, 5) is 24.5. The van der Waals surface area contributed by atoms with E-state index in [0.717, 1.165) is 11.1 Å². The third-order valence-electron chi connectivity index (χ3n) is 4.46. The molecule has 27 heavy (non-hydrogen) atoms. The Morgan fingerprint density at radius 2 is 1.74 bits per heavy atom. The number of aryl methyl sites for hydroxylation is 1. The van der Waals surface area contributed by atoms with Gasteiger partial charge in [-0.3, -0.25) is 4.79 Å². The Labute approximate surface area is 160 Å².